The lowest BCUT2D eigenvalue weighted by Gasteiger charge is -2.35. The summed E-state index contributed by atoms with van der Waals surface area (Å²) in [6.45, 7) is 4.26. The van der Waals surface area contributed by atoms with E-state index in [-0.39, 0.29) is 30.6 Å². The lowest BCUT2D eigenvalue weighted by molar-refractivity contribution is 0.160. The van der Waals surface area contributed by atoms with Crippen LogP contribution in [0.3, 0.4) is 0 Å². The lowest BCUT2D eigenvalue weighted by atomic mass is 9.98. The predicted molar refractivity (Wildman–Crippen MR) is 85.4 cm³/mol. The molecule has 0 aromatic heterocycles. The van der Waals surface area contributed by atoms with Crippen LogP contribution in [0.4, 0.5) is 4.39 Å². The molecule has 3 rings (SSSR count). The number of rotatable bonds is 4. The van der Waals surface area contributed by atoms with Crippen molar-refractivity contribution < 1.29 is 4.39 Å². The Labute approximate surface area is 132 Å². The fourth-order valence-corrected chi connectivity index (χ4v) is 2.87. The van der Waals surface area contributed by atoms with Gasteiger partial charge in [0.1, 0.15) is 5.82 Å². The van der Waals surface area contributed by atoms with Crippen LogP contribution >= 0.6 is 24.8 Å². The van der Waals surface area contributed by atoms with Crippen molar-refractivity contribution in [2.24, 2.45) is 5.92 Å². The highest BCUT2D eigenvalue weighted by Crippen LogP contribution is 2.40. The summed E-state index contributed by atoms with van der Waals surface area (Å²) in [5.41, 5.74) is 1.16. The number of hydrogen-bond acceptors (Lipinski definition) is 2. The zero-order valence-corrected chi connectivity index (χ0v) is 13.2. The van der Waals surface area contributed by atoms with Crippen LogP contribution in [0.25, 0.3) is 0 Å². The molecule has 0 amide bonds. The summed E-state index contributed by atoms with van der Waals surface area (Å²) in [5, 5.41) is 3.39. The first-order chi connectivity index (χ1) is 8.83. The molecule has 2 nitrogen and oxygen atoms in total. The summed E-state index contributed by atoms with van der Waals surface area (Å²) < 4.78 is 13.4. The molecule has 0 unspecified atom stereocenters. The molecule has 1 saturated heterocycles. The van der Waals surface area contributed by atoms with Crippen LogP contribution in [0.5, 0.6) is 0 Å². The average Bonchev–Trinajstić information content (AvgIpc) is 3.21. The fourth-order valence-electron chi connectivity index (χ4n) is 2.87. The van der Waals surface area contributed by atoms with Crippen molar-refractivity contribution in [3.63, 3.8) is 0 Å². The zero-order valence-electron chi connectivity index (χ0n) is 11.6. The third-order valence-corrected chi connectivity index (χ3v) is 4.08. The summed E-state index contributed by atoms with van der Waals surface area (Å²) in [4.78, 5) is 2.52. The molecule has 0 radical (unpaired) electrons. The Bertz CT molecular complexity index is 407. The van der Waals surface area contributed by atoms with Crippen LogP contribution < -0.4 is 5.32 Å². The van der Waals surface area contributed by atoms with Crippen LogP contribution in [0.15, 0.2) is 24.3 Å². The molecule has 0 spiro atoms. The van der Waals surface area contributed by atoms with E-state index in [9.17, 15) is 4.39 Å². The number of nitrogens with zero attached hydrogens (tertiary/aromatic N) is 1. The first kappa shape index (κ1) is 17.7. The number of halogens is 3. The highest BCUT2D eigenvalue weighted by Gasteiger charge is 2.30. The van der Waals surface area contributed by atoms with E-state index in [1.54, 1.807) is 6.07 Å². The van der Waals surface area contributed by atoms with E-state index in [2.05, 4.69) is 16.3 Å². The van der Waals surface area contributed by atoms with Crippen LogP contribution in [-0.4, -0.2) is 31.1 Å². The monoisotopic (exact) mass is 320 g/mol. The van der Waals surface area contributed by atoms with E-state index in [0.717, 1.165) is 37.7 Å². The van der Waals surface area contributed by atoms with Crippen molar-refractivity contribution in [1.29, 1.82) is 0 Å². The minimum atomic E-state index is -0.108. The van der Waals surface area contributed by atoms with Gasteiger partial charge < -0.3 is 5.32 Å². The topological polar surface area (TPSA) is 15.3 Å². The Morgan fingerprint density at radius 1 is 1.20 bits per heavy atom. The van der Waals surface area contributed by atoms with Crippen molar-refractivity contribution in [3.8, 4) is 0 Å². The average molecular weight is 321 g/mol. The number of piperazine rings is 1. The van der Waals surface area contributed by atoms with Gasteiger partial charge in [-0.1, -0.05) is 25.0 Å². The third-order valence-electron chi connectivity index (χ3n) is 4.08. The molecule has 1 saturated carbocycles. The van der Waals surface area contributed by atoms with E-state index >= 15 is 0 Å². The molecule has 1 aliphatic heterocycles. The molecule has 114 valence electrons. The van der Waals surface area contributed by atoms with Crippen molar-refractivity contribution in [2.75, 3.05) is 26.2 Å². The smallest absolute Gasteiger partial charge is 0.123 e. The van der Waals surface area contributed by atoms with E-state index in [4.69, 9.17) is 0 Å². The second-order valence-electron chi connectivity index (χ2n) is 5.54. The maximum Gasteiger partial charge on any atom is 0.123 e. The van der Waals surface area contributed by atoms with Gasteiger partial charge in [0.15, 0.2) is 0 Å². The summed E-state index contributed by atoms with van der Waals surface area (Å²) in [7, 11) is 0. The molecule has 1 aliphatic carbocycles. The minimum absolute atomic E-state index is 0. The molecule has 1 aromatic rings. The van der Waals surface area contributed by atoms with E-state index in [1.165, 1.54) is 25.3 Å². The zero-order chi connectivity index (χ0) is 12.4. The highest BCUT2D eigenvalue weighted by atomic mass is 35.5. The number of benzene rings is 1. The summed E-state index contributed by atoms with van der Waals surface area (Å²) in [6, 6.07) is 7.59. The van der Waals surface area contributed by atoms with Crippen LogP contribution in [-0.2, 0) is 0 Å². The van der Waals surface area contributed by atoms with Gasteiger partial charge in [0.05, 0.1) is 0 Å². The number of nitrogens with one attached hydrogen (secondary N) is 1. The van der Waals surface area contributed by atoms with Crippen molar-refractivity contribution in [2.45, 2.75) is 25.3 Å². The molecule has 1 atom stereocenters. The van der Waals surface area contributed by atoms with Gasteiger partial charge in [-0.3, -0.25) is 4.90 Å². The van der Waals surface area contributed by atoms with Crippen molar-refractivity contribution in [3.05, 3.63) is 35.6 Å². The first-order valence-electron chi connectivity index (χ1n) is 7.03. The SMILES string of the molecule is Cl.Cl.Fc1cccc([C@@H](CC2CC2)N2CCNCC2)c1. The Balaban J connectivity index is 0.000001000. The summed E-state index contributed by atoms with van der Waals surface area (Å²) >= 11 is 0. The van der Waals surface area contributed by atoms with Gasteiger partial charge in [0.25, 0.3) is 0 Å². The highest BCUT2D eigenvalue weighted by molar-refractivity contribution is 5.85. The third kappa shape index (κ3) is 4.59. The molecule has 2 fully saturated rings. The lowest BCUT2D eigenvalue weighted by Crippen LogP contribution is -2.45. The van der Waals surface area contributed by atoms with Crippen molar-refractivity contribution >= 4 is 24.8 Å². The van der Waals surface area contributed by atoms with Crippen molar-refractivity contribution in [1.82, 2.24) is 10.2 Å². The van der Waals surface area contributed by atoms with Gasteiger partial charge in [-0.05, 0) is 30.0 Å². The largest absolute Gasteiger partial charge is 0.314 e. The second kappa shape index (κ2) is 8.18. The molecule has 20 heavy (non-hydrogen) atoms. The summed E-state index contributed by atoms with van der Waals surface area (Å²) in [5.74, 6) is 0.761. The Hall–Kier alpha value is -0.350. The van der Waals surface area contributed by atoms with E-state index in [1.807, 2.05) is 6.07 Å². The Kier molecular flexibility index (Phi) is 7.24. The quantitative estimate of drug-likeness (QED) is 0.914. The summed E-state index contributed by atoms with van der Waals surface area (Å²) in [6.07, 6.45) is 3.92. The van der Waals surface area contributed by atoms with Gasteiger partial charge in [-0.25, -0.2) is 4.39 Å². The predicted octanol–water partition coefficient (Wildman–Crippen LogP) is 3.42. The van der Waals surface area contributed by atoms with Crippen LogP contribution in [0.2, 0.25) is 0 Å². The van der Waals surface area contributed by atoms with Crippen LogP contribution in [0.1, 0.15) is 30.9 Å². The maximum absolute atomic E-state index is 13.4. The van der Waals surface area contributed by atoms with Gasteiger partial charge in [0, 0.05) is 32.2 Å². The Morgan fingerprint density at radius 2 is 1.90 bits per heavy atom. The normalized spacial score (nSPS) is 20.6. The van der Waals surface area contributed by atoms with E-state index < -0.39 is 0 Å². The standard InChI is InChI=1S/C15H21FN2.2ClH/c16-14-3-1-2-13(11-14)15(10-12-4-5-12)18-8-6-17-7-9-18;;/h1-3,11-12,15,17H,4-10H2;2*1H/t15-;;/m1../s1. The molecule has 2 aliphatic rings. The molecule has 1 aromatic carbocycles. The Morgan fingerprint density at radius 3 is 2.50 bits per heavy atom. The van der Waals surface area contributed by atoms with Gasteiger partial charge in [-0.15, -0.1) is 24.8 Å². The minimum Gasteiger partial charge on any atom is -0.314 e. The molecule has 1 heterocycles. The van der Waals surface area contributed by atoms with Crippen LogP contribution in [0, 0.1) is 11.7 Å². The van der Waals surface area contributed by atoms with Gasteiger partial charge in [-0.2, -0.15) is 0 Å². The second-order valence-corrected chi connectivity index (χ2v) is 5.54. The van der Waals surface area contributed by atoms with E-state index in [0.29, 0.717) is 6.04 Å². The molecule has 1 N–H and O–H groups in total. The molecular weight excluding hydrogens is 298 g/mol. The molecular formula is C15H23Cl2FN2. The molecule has 5 heteroatoms. The molecule has 0 bridgehead atoms. The fraction of sp³-hybridized carbons (Fsp3) is 0.600. The number of hydrogen-bond donors (Lipinski definition) is 1. The first-order valence-corrected chi connectivity index (χ1v) is 7.03. The van der Waals surface area contributed by atoms with Gasteiger partial charge >= 0.3 is 0 Å². The maximum atomic E-state index is 13.4. The van der Waals surface area contributed by atoms with Gasteiger partial charge in [0.2, 0.25) is 0 Å².